The minimum absolute atomic E-state index is 0.0648. The van der Waals surface area contributed by atoms with Crippen LogP contribution in [0.15, 0.2) is 0 Å². The van der Waals surface area contributed by atoms with Crippen LogP contribution in [0.3, 0.4) is 0 Å². The zero-order valence-electron chi connectivity index (χ0n) is 16.5. The first-order valence-corrected chi connectivity index (χ1v) is 11.2. The molecule has 0 radical (unpaired) electrons. The van der Waals surface area contributed by atoms with Crippen LogP contribution in [0.1, 0.15) is 89.9 Å². The van der Waals surface area contributed by atoms with Crippen LogP contribution in [-0.4, -0.2) is 32.1 Å². The Labute approximate surface area is 159 Å². The van der Waals surface area contributed by atoms with Crippen molar-refractivity contribution in [3.8, 4) is 0 Å². The Kier molecular flexibility index (Phi) is 8.74. The van der Waals surface area contributed by atoms with Crippen LogP contribution >= 0.6 is 0 Å². The van der Waals surface area contributed by atoms with Crippen molar-refractivity contribution in [2.75, 3.05) is 20.0 Å². The van der Waals surface area contributed by atoms with E-state index in [1.165, 1.54) is 64.2 Å². The van der Waals surface area contributed by atoms with Gasteiger partial charge < -0.3 is 14.2 Å². The molecule has 0 aromatic heterocycles. The highest BCUT2D eigenvalue weighted by molar-refractivity contribution is 5.72. The molecule has 0 heterocycles. The molecule has 0 unspecified atom stereocenters. The summed E-state index contributed by atoms with van der Waals surface area (Å²) in [5, 5.41) is 0. The summed E-state index contributed by atoms with van der Waals surface area (Å²) in [6.45, 7) is 1.92. The predicted molar refractivity (Wildman–Crippen MR) is 102 cm³/mol. The van der Waals surface area contributed by atoms with Gasteiger partial charge in [0.15, 0.2) is 0 Å². The van der Waals surface area contributed by atoms with Gasteiger partial charge in [-0.05, 0) is 63.2 Å². The first-order chi connectivity index (χ1) is 12.8. The second kappa shape index (κ2) is 11.3. The Bertz CT molecular complexity index is 391. The van der Waals surface area contributed by atoms with Crippen LogP contribution < -0.4 is 0 Å². The molecule has 0 atom stereocenters. The van der Waals surface area contributed by atoms with Crippen LogP contribution in [-0.2, 0) is 19.0 Å². The number of carbonyl (C=O) groups excluding carboxylic acids is 1. The summed E-state index contributed by atoms with van der Waals surface area (Å²) in [7, 11) is 0. The maximum atomic E-state index is 12.2. The maximum Gasteiger partial charge on any atom is 0.308 e. The second-order valence-corrected chi connectivity index (χ2v) is 8.77. The summed E-state index contributed by atoms with van der Waals surface area (Å²) in [5.74, 6) is 1.44. The summed E-state index contributed by atoms with van der Waals surface area (Å²) in [6, 6.07) is 0. The van der Waals surface area contributed by atoms with Crippen LogP contribution in [0.25, 0.3) is 0 Å². The fourth-order valence-corrected chi connectivity index (χ4v) is 4.81. The SMILES string of the molecule is O=C(OCC1CCC(COCOC2CCCCC2)CC1)C1CCCCC1. The summed E-state index contributed by atoms with van der Waals surface area (Å²) in [4.78, 5) is 12.2. The van der Waals surface area contributed by atoms with Crippen LogP contribution in [0.5, 0.6) is 0 Å². The van der Waals surface area contributed by atoms with Crippen molar-refractivity contribution < 1.29 is 19.0 Å². The highest BCUT2D eigenvalue weighted by Crippen LogP contribution is 2.30. The molecule has 0 aromatic rings. The first kappa shape index (κ1) is 20.1. The van der Waals surface area contributed by atoms with E-state index in [1.807, 2.05) is 0 Å². The topological polar surface area (TPSA) is 44.8 Å². The van der Waals surface area contributed by atoms with E-state index in [2.05, 4.69) is 0 Å². The molecule has 0 saturated heterocycles. The lowest BCUT2D eigenvalue weighted by atomic mass is 9.83. The van der Waals surface area contributed by atoms with Crippen molar-refractivity contribution in [1.82, 2.24) is 0 Å². The van der Waals surface area contributed by atoms with Crippen molar-refractivity contribution in [3.63, 3.8) is 0 Å². The molecule has 3 aliphatic rings. The molecule has 0 aliphatic heterocycles. The Morgan fingerprint density at radius 2 is 1.27 bits per heavy atom. The minimum Gasteiger partial charge on any atom is -0.465 e. The fraction of sp³-hybridized carbons (Fsp3) is 0.955. The van der Waals surface area contributed by atoms with Crippen LogP contribution in [0.2, 0.25) is 0 Å². The third-order valence-electron chi connectivity index (χ3n) is 6.66. The molecule has 0 bridgehead atoms. The molecule has 4 heteroatoms. The van der Waals surface area contributed by atoms with Crippen molar-refractivity contribution in [1.29, 1.82) is 0 Å². The molecule has 3 saturated carbocycles. The molecular weight excluding hydrogens is 328 g/mol. The maximum absolute atomic E-state index is 12.2. The third kappa shape index (κ3) is 6.84. The van der Waals surface area contributed by atoms with E-state index in [0.29, 0.717) is 31.3 Å². The molecule has 26 heavy (non-hydrogen) atoms. The molecule has 3 rings (SSSR count). The molecular formula is C22H38O4. The Morgan fingerprint density at radius 3 is 1.92 bits per heavy atom. The summed E-state index contributed by atoms with van der Waals surface area (Å²) < 4.78 is 17.3. The van der Waals surface area contributed by atoms with Crippen molar-refractivity contribution in [2.24, 2.45) is 17.8 Å². The molecule has 0 N–H and O–H groups in total. The third-order valence-corrected chi connectivity index (χ3v) is 6.66. The van der Waals surface area contributed by atoms with E-state index in [1.54, 1.807) is 0 Å². The zero-order chi connectivity index (χ0) is 18.0. The standard InChI is InChI=1S/C22H38O4/c23-22(20-7-3-1-4-8-20)25-16-19-13-11-18(12-14-19)15-24-17-26-21-9-5-2-6-10-21/h18-21H,1-17H2. The number of carbonyl (C=O) groups is 1. The van der Waals surface area contributed by atoms with E-state index in [4.69, 9.17) is 14.2 Å². The quantitative estimate of drug-likeness (QED) is 0.335. The smallest absolute Gasteiger partial charge is 0.308 e. The minimum atomic E-state index is 0.0648. The highest BCUT2D eigenvalue weighted by Gasteiger charge is 2.26. The molecule has 0 aromatic carbocycles. The highest BCUT2D eigenvalue weighted by atomic mass is 16.7. The lowest BCUT2D eigenvalue weighted by Crippen LogP contribution is -2.26. The number of hydrogen-bond acceptors (Lipinski definition) is 4. The Morgan fingerprint density at radius 1 is 0.692 bits per heavy atom. The van der Waals surface area contributed by atoms with Gasteiger partial charge in [0.05, 0.1) is 25.2 Å². The van der Waals surface area contributed by atoms with Gasteiger partial charge >= 0.3 is 5.97 Å². The average Bonchev–Trinajstić information content (AvgIpc) is 2.72. The lowest BCUT2D eigenvalue weighted by molar-refractivity contribution is -0.151. The van der Waals surface area contributed by atoms with E-state index < -0.39 is 0 Å². The van der Waals surface area contributed by atoms with Crippen molar-refractivity contribution >= 4 is 5.97 Å². The molecule has 0 amide bonds. The van der Waals surface area contributed by atoms with Crippen molar-refractivity contribution in [2.45, 2.75) is 96.0 Å². The lowest BCUT2D eigenvalue weighted by Gasteiger charge is -2.29. The molecule has 3 fully saturated rings. The summed E-state index contributed by atoms with van der Waals surface area (Å²) >= 11 is 0. The normalized spacial score (nSPS) is 28.8. The molecule has 150 valence electrons. The molecule has 4 nitrogen and oxygen atoms in total. The van der Waals surface area contributed by atoms with Gasteiger partial charge in [-0.1, -0.05) is 38.5 Å². The van der Waals surface area contributed by atoms with Gasteiger partial charge in [-0.3, -0.25) is 4.79 Å². The number of ether oxygens (including phenoxy) is 3. The summed E-state index contributed by atoms with van der Waals surface area (Å²) in [5.41, 5.74) is 0. The van der Waals surface area contributed by atoms with Gasteiger partial charge in [0.2, 0.25) is 0 Å². The number of hydrogen-bond donors (Lipinski definition) is 0. The molecule has 3 aliphatic carbocycles. The number of esters is 1. The van der Waals surface area contributed by atoms with Gasteiger partial charge in [0, 0.05) is 0 Å². The monoisotopic (exact) mass is 366 g/mol. The Balaban J connectivity index is 1.21. The van der Waals surface area contributed by atoms with Crippen LogP contribution in [0, 0.1) is 17.8 Å². The largest absolute Gasteiger partial charge is 0.465 e. The van der Waals surface area contributed by atoms with Crippen LogP contribution in [0.4, 0.5) is 0 Å². The average molecular weight is 367 g/mol. The van der Waals surface area contributed by atoms with E-state index in [9.17, 15) is 4.79 Å². The van der Waals surface area contributed by atoms with Gasteiger partial charge in [-0.25, -0.2) is 0 Å². The van der Waals surface area contributed by atoms with E-state index in [0.717, 1.165) is 32.3 Å². The Hall–Kier alpha value is -0.610. The van der Waals surface area contributed by atoms with Gasteiger partial charge in [0.1, 0.15) is 6.79 Å². The van der Waals surface area contributed by atoms with E-state index in [-0.39, 0.29) is 11.9 Å². The fourth-order valence-electron chi connectivity index (χ4n) is 4.81. The molecule has 0 spiro atoms. The van der Waals surface area contributed by atoms with Gasteiger partial charge in [-0.2, -0.15) is 0 Å². The second-order valence-electron chi connectivity index (χ2n) is 8.77. The van der Waals surface area contributed by atoms with E-state index >= 15 is 0 Å². The zero-order valence-corrected chi connectivity index (χ0v) is 16.5. The van der Waals surface area contributed by atoms with Gasteiger partial charge in [-0.15, -0.1) is 0 Å². The predicted octanol–water partition coefficient (Wildman–Crippen LogP) is 5.24. The summed E-state index contributed by atoms with van der Waals surface area (Å²) in [6.07, 6.45) is 17.2. The first-order valence-electron chi connectivity index (χ1n) is 11.2. The van der Waals surface area contributed by atoms with Crippen molar-refractivity contribution in [3.05, 3.63) is 0 Å². The number of rotatable bonds is 8. The van der Waals surface area contributed by atoms with Gasteiger partial charge in [0.25, 0.3) is 0 Å².